The summed E-state index contributed by atoms with van der Waals surface area (Å²) in [4.78, 5) is 24.8. The number of rotatable bonds is 5. The number of thiazole rings is 1. The van der Waals surface area contributed by atoms with Gasteiger partial charge in [0, 0.05) is 55.9 Å². The summed E-state index contributed by atoms with van der Waals surface area (Å²) in [5, 5.41) is 0. The summed E-state index contributed by atoms with van der Waals surface area (Å²) in [6, 6.07) is 12.2. The van der Waals surface area contributed by atoms with Crippen molar-refractivity contribution in [3.63, 3.8) is 0 Å². The minimum Gasteiger partial charge on any atom is -0.297 e. The van der Waals surface area contributed by atoms with Gasteiger partial charge in [-0.1, -0.05) is 42.5 Å². The molecule has 5 rings (SSSR count). The monoisotopic (exact) mass is 420 g/mol. The number of aryl methyl sites for hydroxylation is 2. The van der Waals surface area contributed by atoms with Crippen molar-refractivity contribution in [3.05, 3.63) is 74.7 Å². The molecular formula is C24H28N4OS. The third-order valence-corrected chi connectivity index (χ3v) is 7.28. The van der Waals surface area contributed by atoms with Crippen LogP contribution in [0, 0.1) is 0 Å². The lowest BCUT2D eigenvalue weighted by molar-refractivity contribution is 0.136. The van der Waals surface area contributed by atoms with Crippen LogP contribution in [-0.4, -0.2) is 51.9 Å². The lowest BCUT2D eigenvalue weighted by atomic mass is 10.0. The molecule has 0 saturated carbocycles. The predicted molar refractivity (Wildman–Crippen MR) is 123 cm³/mol. The van der Waals surface area contributed by atoms with Crippen LogP contribution in [0.2, 0.25) is 0 Å². The van der Waals surface area contributed by atoms with E-state index in [2.05, 4.69) is 46.2 Å². The SMILES string of the molecule is O=c1cc(CN2CCN(C/C=C/c3ccccc3)CC2)nc2sc3c(n12)CCCC3. The van der Waals surface area contributed by atoms with E-state index >= 15 is 0 Å². The first kappa shape index (κ1) is 19.7. The Morgan fingerprint density at radius 1 is 1.00 bits per heavy atom. The van der Waals surface area contributed by atoms with Gasteiger partial charge in [0.05, 0.1) is 5.69 Å². The Hall–Kier alpha value is -2.28. The van der Waals surface area contributed by atoms with Crippen molar-refractivity contribution in [1.82, 2.24) is 19.2 Å². The maximum absolute atomic E-state index is 12.8. The molecule has 3 heterocycles. The molecule has 0 amide bonds. The van der Waals surface area contributed by atoms with Gasteiger partial charge in [-0.15, -0.1) is 11.3 Å². The van der Waals surface area contributed by atoms with Crippen LogP contribution in [0.15, 0.2) is 47.3 Å². The lowest BCUT2D eigenvalue weighted by Gasteiger charge is -2.33. The van der Waals surface area contributed by atoms with Crippen LogP contribution in [0.5, 0.6) is 0 Å². The molecule has 0 spiro atoms. The van der Waals surface area contributed by atoms with Crippen LogP contribution in [0.4, 0.5) is 0 Å². The van der Waals surface area contributed by atoms with Crippen molar-refractivity contribution >= 4 is 22.4 Å². The summed E-state index contributed by atoms with van der Waals surface area (Å²) >= 11 is 1.72. The van der Waals surface area contributed by atoms with Crippen molar-refractivity contribution in [3.8, 4) is 0 Å². The summed E-state index contributed by atoms with van der Waals surface area (Å²) in [6.07, 6.45) is 8.96. The lowest BCUT2D eigenvalue weighted by Crippen LogP contribution is -2.46. The van der Waals surface area contributed by atoms with Gasteiger partial charge >= 0.3 is 0 Å². The van der Waals surface area contributed by atoms with E-state index in [1.165, 1.54) is 29.0 Å². The Labute approximate surface area is 181 Å². The first-order valence-corrected chi connectivity index (χ1v) is 11.8. The Morgan fingerprint density at radius 3 is 2.60 bits per heavy atom. The summed E-state index contributed by atoms with van der Waals surface area (Å²) < 4.78 is 1.86. The highest BCUT2D eigenvalue weighted by molar-refractivity contribution is 7.17. The Balaban J connectivity index is 1.19. The van der Waals surface area contributed by atoms with Crippen molar-refractivity contribution in [2.24, 2.45) is 0 Å². The zero-order valence-electron chi connectivity index (χ0n) is 17.3. The van der Waals surface area contributed by atoms with E-state index in [-0.39, 0.29) is 5.56 Å². The second-order valence-electron chi connectivity index (χ2n) is 8.27. The molecule has 0 atom stereocenters. The van der Waals surface area contributed by atoms with Crippen LogP contribution in [0.3, 0.4) is 0 Å². The van der Waals surface area contributed by atoms with E-state index in [9.17, 15) is 4.79 Å². The van der Waals surface area contributed by atoms with Gasteiger partial charge in [0.1, 0.15) is 0 Å². The normalized spacial score (nSPS) is 18.3. The molecule has 5 nitrogen and oxygen atoms in total. The zero-order valence-corrected chi connectivity index (χ0v) is 18.1. The molecule has 6 heteroatoms. The third-order valence-electron chi connectivity index (χ3n) is 6.14. The van der Waals surface area contributed by atoms with Crippen LogP contribution < -0.4 is 5.56 Å². The molecule has 0 radical (unpaired) electrons. The number of fused-ring (bicyclic) bond motifs is 3. The highest BCUT2D eigenvalue weighted by Gasteiger charge is 2.20. The van der Waals surface area contributed by atoms with E-state index in [0.717, 1.165) is 62.8 Å². The van der Waals surface area contributed by atoms with Crippen LogP contribution >= 0.6 is 11.3 Å². The van der Waals surface area contributed by atoms with Gasteiger partial charge in [-0.05, 0) is 31.2 Å². The molecule has 1 aliphatic carbocycles. The molecule has 1 aliphatic heterocycles. The van der Waals surface area contributed by atoms with Crippen LogP contribution in [-0.2, 0) is 19.4 Å². The molecule has 2 aliphatic rings. The van der Waals surface area contributed by atoms with Crippen LogP contribution in [0.1, 0.15) is 34.7 Å². The van der Waals surface area contributed by atoms with Gasteiger partial charge in [0.15, 0.2) is 4.96 Å². The number of hydrogen-bond donors (Lipinski definition) is 0. The standard InChI is InChI=1S/C24H28N4OS/c29-23-17-20(25-24-28(23)21-10-4-5-11-22(21)30-24)18-27-15-13-26(14-16-27)12-6-9-19-7-2-1-3-8-19/h1-3,6-9,17H,4-5,10-16,18H2/b9-6+. The zero-order chi connectivity index (χ0) is 20.3. The largest absolute Gasteiger partial charge is 0.297 e. The molecule has 1 aromatic carbocycles. The minimum absolute atomic E-state index is 0.0964. The fourth-order valence-electron chi connectivity index (χ4n) is 4.48. The molecular weight excluding hydrogens is 392 g/mol. The first-order valence-electron chi connectivity index (χ1n) is 11.0. The molecule has 0 bridgehead atoms. The number of benzene rings is 1. The van der Waals surface area contributed by atoms with Gasteiger partial charge in [-0.2, -0.15) is 0 Å². The summed E-state index contributed by atoms with van der Waals surface area (Å²) in [5.74, 6) is 0. The Kier molecular flexibility index (Phi) is 5.79. The van der Waals surface area contributed by atoms with Crippen molar-refractivity contribution in [2.75, 3.05) is 32.7 Å². The van der Waals surface area contributed by atoms with E-state index < -0.39 is 0 Å². The first-order chi connectivity index (χ1) is 14.8. The quantitative estimate of drug-likeness (QED) is 0.634. The molecule has 2 aromatic heterocycles. The van der Waals surface area contributed by atoms with E-state index in [1.807, 2.05) is 10.5 Å². The summed E-state index contributed by atoms with van der Waals surface area (Å²) in [7, 11) is 0. The highest BCUT2D eigenvalue weighted by Crippen LogP contribution is 2.28. The van der Waals surface area contributed by atoms with Crippen molar-refractivity contribution in [1.29, 1.82) is 0 Å². The topological polar surface area (TPSA) is 40.9 Å². The summed E-state index contributed by atoms with van der Waals surface area (Å²) in [6.45, 7) is 5.88. The average Bonchev–Trinajstić information content (AvgIpc) is 3.14. The second kappa shape index (κ2) is 8.84. The maximum Gasteiger partial charge on any atom is 0.259 e. The third kappa shape index (κ3) is 4.26. The van der Waals surface area contributed by atoms with Gasteiger partial charge < -0.3 is 0 Å². The van der Waals surface area contributed by atoms with Gasteiger partial charge in [-0.3, -0.25) is 19.0 Å². The smallest absolute Gasteiger partial charge is 0.259 e. The Morgan fingerprint density at radius 2 is 1.77 bits per heavy atom. The van der Waals surface area contributed by atoms with E-state index in [4.69, 9.17) is 4.98 Å². The number of aromatic nitrogens is 2. The molecule has 3 aromatic rings. The number of piperazine rings is 1. The van der Waals surface area contributed by atoms with Gasteiger partial charge in [-0.25, -0.2) is 4.98 Å². The molecule has 30 heavy (non-hydrogen) atoms. The maximum atomic E-state index is 12.8. The van der Waals surface area contributed by atoms with Gasteiger partial charge in [0.2, 0.25) is 0 Å². The number of nitrogens with zero attached hydrogens (tertiary/aromatic N) is 4. The fraction of sp³-hybridized carbons (Fsp3) is 0.417. The average molecular weight is 421 g/mol. The molecule has 0 N–H and O–H groups in total. The van der Waals surface area contributed by atoms with Crippen molar-refractivity contribution in [2.45, 2.75) is 32.2 Å². The minimum atomic E-state index is 0.0964. The predicted octanol–water partition coefficient (Wildman–Crippen LogP) is 3.47. The second-order valence-corrected chi connectivity index (χ2v) is 9.33. The fourth-order valence-corrected chi connectivity index (χ4v) is 5.72. The Bertz CT molecular complexity index is 1090. The molecule has 0 unspecified atom stereocenters. The van der Waals surface area contributed by atoms with Crippen LogP contribution in [0.25, 0.3) is 11.0 Å². The molecule has 1 saturated heterocycles. The highest BCUT2D eigenvalue weighted by atomic mass is 32.1. The summed E-state index contributed by atoms with van der Waals surface area (Å²) in [5.41, 5.74) is 3.47. The van der Waals surface area contributed by atoms with E-state index in [1.54, 1.807) is 17.4 Å². The van der Waals surface area contributed by atoms with Gasteiger partial charge in [0.25, 0.3) is 5.56 Å². The van der Waals surface area contributed by atoms with Crippen molar-refractivity contribution < 1.29 is 0 Å². The molecule has 1 fully saturated rings. The number of hydrogen-bond acceptors (Lipinski definition) is 5. The van der Waals surface area contributed by atoms with E-state index in [0.29, 0.717) is 0 Å². The molecule has 156 valence electrons.